The quantitative estimate of drug-likeness (QED) is 0.826. The minimum absolute atomic E-state index is 0.0635. The molecule has 116 valence electrons. The molecule has 0 aliphatic carbocycles. The number of rotatable bonds is 5. The number of carbonyl (C=O) groups excluding carboxylic acids is 1. The molecule has 3 heteroatoms. The Morgan fingerprint density at radius 1 is 1.14 bits per heavy atom. The van der Waals surface area contributed by atoms with Gasteiger partial charge in [0.15, 0.2) is 0 Å². The standard InChI is InChI=1S/C19H24N2O/c1-13(2)18(15-7-5-4-6-8-15)12-21-19(22)17-11-16(20)10-9-14(17)3/h4-11,13,18H,12,20H2,1-3H3,(H,21,22). The van der Waals surface area contributed by atoms with Crippen molar-refractivity contribution in [2.75, 3.05) is 12.3 Å². The fourth-order valence-corrected chi connectivity index (χ4v) is 2.62. The molecule has 2 aromatic carbocycles. The Labute approximate surface area is 132 Å². The number of hydrogen-bond donors (Lipinski definition) is 2. The van der Waals surface area contributed by atoms with Crippen LogP contribution in [-0.4, -0.2) is 12.5 Å². The number of nitrogen functional groups attached to an aromatic ring is 1. The van der Waals surface area contributed by atoms with Crippen LogP contribution in [-0.2, 0) is 0 Å². The van der Waals surface area contributed by atoms with E-state index in [9.17, 15) is 4.79 Å². The Bertz CT molecular complexity index is 635. The molecule has 22 heavy (non-hydrogen) atoms. The second-order valence-corrected chi connectivity index (χ2v) is 6.05. The predicted molar refractivity (Wildman–Crippen MR) is 91.9 cm³/mol. The first kappa shape index (κ1) is 16.1. The van der Waals surface area contributed by atoms with E-state index in [0.717, 1.165) is 5.56 Å². The molecule has 3 N–H and O–H groups in total. The molecule has 0 saturated carbocycles. The van der Waals surface area contributed by atoms with Crippen molar-refractivity contribution in [3.05, 3.63) is 65.2 Å². The van der Waals surface area contributed by atoms with Gasteiger partial charge in [-0.15, -0.1) is 0 Å². The number of benzene rings is 2. The van der Waals surface area contributed by atoms with E-state index >= 15 is 0 Å². The van der Waals surface area contributed by atoms with Gasteiger partial charge in [-0.25, -0.2) is 0 Å². The topological polar surface area (TPSA) is 55.1 Å². The maximum absolute atomic E-state index is 12.4. The van der Waals surface area contributed by atoms with Gasteiger partial charge in [0, 0.05) is 23.7 Å². The Morgan fingerprint density at radius 2 is 1.82 bits per heavy atom. The van der Waals surface area contributed by atoms with Gasteiger partial charge >= 0.3 is 0 Å². The molecule has 0 fully saturated rings. The lowest BCUT2D eigenvalue weighted by atomic mass is 9.88. The van der Waals surface area contributed by atoms with Gasteiger partial charge in [-0.1, -0.05) is 50.2 Å². The average molecular weight is 296 g/mol. The van der Waals surface area contributed by atoms with Crippen molar-refractivity contribution in [2.45, 2.75) is 26.7 Å². The molecular formula is C19H24N2O. The second kappa shape index (κ2) is 7.12. The molecule has 0 heterocycles. The van der Waals surface area contributed by atoms with E-state index in [2.05, 4.69) is 31.3 Å². The van der Waals surface area contributed by atoms with Gasteiger partial charge in [0.25, 0.3) is 5.91 Å². The number of aryl methyl sites for hydroxylation is 1. The fourth-order valence-electron chi connectivity index (χ4n) is 2.62. The summed E-state index contributed by atoms with van der Waals surface area (Å²) in [5.41, 5.74) is 9.23. The highest BCUT2D eigenvalue weighted by Crippen LogP contribution is 2.23. The molecule has 1 amide bonds. The van der Waals surface area contributed by atoms with Gasteiger partial charge in [-0.2, -0.15) is 0 Å². The summed E-state index contributed by atoms with van der Waals surface area (Å²) in [4.78, 5) is 12.4. The highest BCUT2D eigenvalue weighted by Gasteiger charge is 2.17. The van der Waals surface area contributed by atoms with Crippen molar-refractivity contribution in [1.29, 1.82) is 0 Å². The van der Waals surface area contributed by atoms with E-state index in [1.165, 1.54) is 5.56 Å². The SMILES string of the molecule is Cc1ccc(N)cc1C(=O)NCC(c1ccccc1)C(C)C. The van der Waals surface area contributed by atoms with Crippen LogP contribution in [0.1, 0.15) is 41.3 Å². The van der Waals surface area contributed by atoms with E-state index < -0.39 is 0 Å². The van der Waals surface area contributed by atoms with Crippen molar-refractivity contribution in [1.82, 2.24) is 5.32 Å². The van der Waals surface area contributed by atoms with Gasteiger partial charge in [0.2, 0.25) is 0 Å². The zero-order valence-corrected chi connectivity index (χ0v) is 13.5. The summed E-state index contributed by atoms with van der Waals surface area (Å²) in [6.45, 7) is 6.89. The molecule has 2 rings (SSSR count). The van der Waals surface area contributed by atoms with E-state index in [4.69, 9.17) is 5.73 Å². The van der Waals surface area contributed by atoms with Gasteiger partial charge in [0.05, 0.1) is 0 Å². The summed E-state index contributed by atoms with van der Waals surface area (Å²) in [5.74, 6) is 0.683. The summed E-state index contributed by atoms with van der Waals surface area (Å²) in [7, 11) is 0. The van der Waals surface area contributed by atoms with E-state index in [1.807, 2.05) is 37.3 Å². The first-order chi connectivity index (χ1) is 10.5. The third-order valence-electron chi connectivity index (χ3n) is 4.02. The minimum Gasteiger partial charge on any atom is -0.399 e. The number of hydrogen-bond acceptors (Lipinski definition) is 2. The summed E-state index contributed by atoms with van der Waals surface area (Å²) in [6.07, 6.45) is 0. The lowest BCUT2D eigenvalue weighted by Crippen LogP contribution is -2.30. The molecule has 0 bridgehead atoms. The molecule has 0 spiro atoms. The Morgan fingerprint density at radius 3 is 2.45 bits per heavy atom. The molecule has 0 aliphatic rings. The largest absolute Gasteiger partial charge is 0.399 e. The molecular weight excluding hydrogens is 272 g/mol. The summed E-state index contributed by atoms with van der Waals surface area (Å²) < 4.78 is 0. The maximum Gasteiger partial charge on any atom is 0.251 e. The van der Waals surface area contributed by atoms with Crippen molar-refractivity contribution in [3.63, 3.8) is 0 Å². The van der Waals surface area contributed by atoms with Crippen LogP contribution in [0.2, 0.25) is 0 Å². The van der Waals surface area contributed by atoms with Crippen LogP contribution in [0.15, 0.2) is 48.5 Å². The lowest BCUT2D eigenvalue weighted by Gasteiger charge is -2.22. The van der Waals surface area contributed by atoms with Crippen LogP contribution in [0.5, 0.6) is 0 Å². The zero-order valence-electron chi connectivity index (χ0n) is 13.5. The molecule has 0 radical (unpaired) electrons. The summed E-state index contributed by atoms with van der Waals surface area (Å²) in [5, 5.41) is 3.05. The Hall–Kier alpha value is -2.29. The van der Waals surface area contributed by atoms with Crippen LogP contribution in [0, 0.1) is 12.8 Å². The molecule has 0 aromatic heterocycles. The molecule has 3 nitrogen and oxygen atoms in total. The fraction of sp³-hybridized carbons (Fsp3) is 0.316. The minimum atomic E-state index is -0.0635. The van der Waals surface area contributed by atoms with Gasteiger partial charge in [0.1, 0.15) is 0 Å². The van der Waals surface area contributed by atoms with Crippen molar-refractivity contribution in [2.24, 2.45) is 5.92 Å². The molecule has 1 unspecified atom stereocenters. The summed E-state index contributed by atoms with van der Waals surface area (Å²) >= 11 is 0. The number of amides is 1. The molecule has 0 aliphatic heterocycles. The second-order valence-electron chi connectivity index (χ2n) is 6.05. The number of carbonyl (C=O) groups is 1. The van der Waals surface area contributed by atoms with E-state index in [1.54, 1.807) is 6.07 Å². The first-order valence-electron chi connectivity index (χ1n) is 7.68. The average Bonchev–Trinajstić information content (AvgIpc) is 2.50. The summed E-state index contributed by atoms with van der Waals surface area (Å²) in [6, 6.07) is 15.7. The monoisotopic (exact) mass is 296 g/mol. The molecule has 2 aromatic rings. The first-order valence-corrected chi connectivity index (χ1v) is 7.68. The number of anilines is 1. The van der Waals surface area contributed by atoms with Crippen LogP contribution in [0.4, 0.5) is 5.69 Å². The van der Waals surface area contributed by atoms with E-state index in [0.29, 0.717) is 29.6 Å². The van der Waals surface area contributed by atoms with Crippen LogP contribution in [0.3, 0.4) is 0 Å². The van der Waals surface area contributed by atoms with Crippen LogP contribution >= 0.6 is 0 Å². The zero-order chi connectivity index (χ0) is 16.1. The highest BCUT2D eigenvalue weighted by molar-refractivity contribution is 5.96. The highest BCUT2D eigenvalue weighted by atomic mass is 16.1. The van der Waals surface area contributed by atoms with Gasteiger partial charge < -0.3 is 11.1 Å². The Balaban J connectivity index is 2.10. The third kappa shape index (κ3) is 3.88. The normalized spacial score (nSPS) is 12.2. The number of nitrogens with one attached hydrogen (secondary N) is 1. The van der Waals surface area contributed by atoms with Crippen molar-refractivity contribution in [3.8, 4) is 0 Å². The van der Waals surface area contributed by atoms with Crippen LogP contribution in [0.25, 0.3) is 0 Å². The smallest absolute Gasteiger partial charge is 0.251 e. The van der Waals surface area contributed by atoms with Gasteiger partial charge in [-0.05, 0) is 36.1 Å². The molecule has 1 atom stereocenters. The van der Waals surface area contributed by atoms with Crippen LogP contribution < -0.4 is 11.1 Å². The maximum atomic E-state index is 12.4. The van der Waals surface area contributed by atoms with Gasteiger partial charge in [-0.3, -0.25) is 4.79 Å². The molecule has 0 saturated heterocycles. The van der Waals surface area contributed by atoms with Crippen molar-refractivity contribution < 1.29 is 4.79 Å². The lowest BCUT2D eigenvalue weighted by molar-refractivity contribution is 0.0948. The Kier molecular flexibility index (Phi) is 5.21. The van der Waals surface area contributed by atoms with Crippen molar-refractivity contribution >= 4 is 11.6 Å². The predicted octanol–water partition coefficient (Wildman–Crippen LogP) is 3.75. The van der Waals surface area contributed by atoms with E-state index in [-0.39, 0.29) is 5.91 Å². The number of nitrogens with two attached hydrogens (primary N) is 1. The third-order valence-corrected chi connectivity index (χ3v) is 4.02.